The number of hydrogen-bond donors (Lipinski definition) is 2. The Balaban J connectivity index is 2.53. The molecule has 94 valence electrons. The Morgan fingerprint density at radius 1 is 1.35 bits per heavy atom. The summed E-state index contributed by atoms with van der Waals surface area (Å²) in [6, 6.07) is 9.21. The molecule has 0 aliphatic heterocycles. The number of hydrogen-bond acceptors (Lipinski definition) is 3. The zero-order valence-corrected chi connectivity index (χ0v) is 10.2. The van der Waals surface area contributed by atoms with Crippen molar-refractivity contribution in [1.82, 2.24) is 0 Å². The van der Waals surface area contributed by atoms with E-state index in [1.54, 1.807) is 13.8 Å². The number of carboxylic acid groups (broad SMARTS) is 1. The van der Waals surface area contributed by atoms with E-state index in [2.05, 4.69) is 0 Å². The minimum Gasteiger partial charge on any atom is -0.481 e. The number of rotatable bonds is 6. The molecular formula is C13H19NO3. The van der Waals surface area contributed by atoms with Gasteiger partial charge in [0.15, 0.2) is 0 Å². The second-order valence-corrected chi connectivity index (χ2v) is 4.22. The van der Waals surface area contributed by atoms with Crippen LogP contribution >= 0.6 is 0 Å². The molecular weight excluding hydrogens is 218 g/mol. The van der Waals surface area contributed by atoms with Gasteiger partial charge in [-0.1, -0.05) is 30.3 Å². The Morgan fingerprint density at radius 3 is 2.41 bits per heavy atom. The first kappa shape index (κ1) is 13.7. The molecule has 0 aliphatic carbocycles. The van der Waals surface area contributed by atoms with Crippen molar-refractivity contribution in [2.45, 2.75) is 32.6 Å². The molecule has 0 radical (unpaired) electrons. The molecule has 1 rings (SSSR count). The zero-order valence-electron chi connectivity index (χ0n) is 10.2. The number of carboxylic acids is 1. The van der Waals surface area contributed by atoms with Gasteiger partial charge in [-0.2, -0.15) is 0 Å². The highest BCUT2D eigenvalue weighted by Gasteiger charge is 2.28. The molecule has 0 spiro atoms. The number of benzene rings is 1. The number of carbonyl (C=O) groups is 1. The van der Waals surface area contributed by atoms with Crippen LogP contribution in [0, 0.1) is 5.92 Å². The number of nitrogens with two attached hydrogens (primary N) is 1. The van der Waals surface area contributed by atoms with E-state index in [0.29, 0.717) is 6.61 Å². The predicted octanol–water partition coefficient (Wildman–Crippen LogP) is 1.64. The molecule has 17 heavy (non-hydrogen) atoms. The van der Waals surface area contributed by atoms with Gasteiger partial charge in [-0.3, -0.25) is 4.79 Å². The third-order valence-electron chi connectivity index (χ3n) is 2.71. The van der Waals surface area contributed by atoms with Gasteiger partial charge in [-0.05, 0) is 19.4 Å². The molecule has 1 aromatic carbocycles. The maximum Gasteiger partial charge on any atom is 0.310 e. The van der Waals surface area contributed by atoms with E-state index in [1.807, 2.05) is 30.3 Å². The van der Waals surface area contributed by atoms with Gasteiger partial charge in [-0.25, -0.2) is 0 Å². The molecule has 4 nitrogen and oxygen atoms in total. The summed E-state index contributed by atoms with van der Waals surface area (Å²) in [7, 11) is 0. The van der Waals surface area contributed by atoms with Crippen LogP contribution < -0.4 is 5.73 Å². The normalized spacial score (nSPS) is 16.2. The number of aliphatic carboxylic acids is 1. The van der Waals surface area contributed by atoms with Crippen molar-refractivity contribution >= 4 is 5.97 Å². The summed E-state index contributed by atoms with van der Waals surface area (Å²) in [5, 5.41) is 9.05. The highest BCUT2D eigenvalue weighted by molar-refractivity contribution is 5.71. The lowest BCUT2D eigenvalue weighted by Gasteiger charge is -2.23. The molecule has 0 amide bonds. The molecule has 0 saturated carbocycles. The molecule has 0 fully saturated rings. The summed E-state index contributed by atoms with van der Waals surface area (Å²) in [6.07, 6.45) is -0.410. The van der Waals surface area contributed by atoms with E-state index in [9.17, 15) is 4.79 Å². The summed E-state index contributed by atoms with van der Waals surface area (Å²) < 4.78 is 5.55. The first-order valence-corrected chi connectivity index (χ1v) is 5.66. The van der Waals surface area contributed by atoms with Gasteiger partial charge >= 0.3 is 5.97 Å². The quantitative estimate of drug-likeness (QED) is 0.789. The van der Waals surface area contributed by atoms with E-state index in [-0.39, 0.29) is 0 Å². The standard InChI is InChI=1S/C13H19NO3/c1-9(14)12(13(15)16)10(2)17-8-11-6-4-3-5-7-11/h3-7,9-10,12H,8,14H2,1-2H3,(H,15,16)/t9-,10-,12+/m1/s1. The van der Waals surface area contributed by atoms with E-state index < -0.39 is 24.0 Å². The van der Waals surface area contributed by atoms with Gasteiger partial charge in [0.2, 0.25) is 0 Å². The van der Waals surface area contributed by atoms with Gasteiger partial charge in [0.25, 0.3) is 0 Å². The third-order valence-corrected chi connectivity index (χ3v) is 2.71. The van der Waals surface area contributed by atoms with Gasteiger partial charge in [0.1, 0.15) is 0 Å². The molecule has 4 heteroatoms. The second-order valence-electron chi connectivity index (χ2n) is 4.22. The van der Waals surface area contributed by atoms with E-state index in [0.717, 1.165) is 5.56 Å². The van der Waals surface area contributed by atoms with Crippen molar-refractivity contribution in [3.05, 3.63) is 35.9 Å². The smallest absolute Gasteiger partial charge is 0.310 e. The van der Waals surface area contributed by atoms with Crippen LogP contribution in [0.25, 0.3) is 0 Å². The summed E-state index contributed by atoms with van der Waals surface area (Å²) in [4.78, 5) is 11.0. The molecule has 3 atom stereocenters. The Labute approximate surface area is 101 Å². The lowest BCUT2D eigenvalue weighted by Crippen LogP contribution is -2.41. The van der Waals surface area contributed by atoms with Gasteiger partial charge in [0, 0.05) is 6.04 Å². The minimum atomic E-state index is -0.916. The van der Waals surface area contributed by atoms with Gasteiger partial charge < -0.3 is 15.6 Å². The van der Waals surface area contributed by atoms with E-state index in [1.165, 1.54) is 0 Å². The third kappa shape index (κ3) is 4.17. The average Bonchev–Trinajstić information content (AvgIpc) is 2.27. The lowest BCUT2D eigenvalue weighted by molar-refractivity contribution is -0.148. The first-order valence-electron chi connectivity index (χ1n) is 5.66. The highest BCUT2D eigenvalue weighted by atomic mass is 16.5. The summed E-state index contributed by atoms with van der Waals surface area (Å²) in [5.41, 5.74) is 6.67. The van der Waals surface area contributed by atoms with Crippen molar-refractivity contribution in [1.29, 1.82) is 0 Å². The van der Waals surface area contributed by atoms with Crippen LogP contribution in [0.15, 0.2) is 30.3 Å². The Morgan fingerprint density at radius 2 is 1.94 bits per heavy atom. The monoisotopic (exact) mass is 237 g/mol. The molecule has 3 N–H and O–H groups in total. The lowest BCUT2D eigenvalue weighted by atomic mass is 9.96. The fourth-order valence-corrected chi connectivity index (χ4v) is 1.76. The van der Waals surface area contributed by atoms with Crippen molar-refractivity contribution in [2.24, 2.45) is 11.7 Å². The topological polar surface area (TPSA) is 72.6 Å². The van der Waals surface area contributed by atoms with Gasteiger partial charge in [-0.15, -0.1) is 0 Å². The van der Waals surface area contributed by atoms with Crippen LogP contribution in [0.1, 0.15) is 19.4 Å². The molecule has 0 aromatic heterocycles. The van der Waals surface area contributed by atoms with Crippen molar-refractivity contribution in [2.75, 3.05) is 0 Å². The predicted molar refractivity (Wildman–Crippen MR) is 65.5 cm³/mol. The van der Waals surface area contributed by atoms with Crippen molar-refractivity contribution in [3.8, 4) is 0 Å². The summed E-state index contributed by atoms with van der Waals surface area (Å²) >= 11 is 0. The van der Waals surface area contributed by atoms with Crippen LogP contribution in [-0.4, -0.2) is 23.2 Å². The Bertz CT molecular complexity index is 351. The van der Waals surface area contributed by atoms with E-state index in [4.69, 9.17) is 15.6 Å². The van der Waals surface area contributed by atoms with Crippen LogP contribution in [0.3, 0.4) is 0 Å². The first-order chi connectivity index (χ1) is 8.02. The van der Waals surface area contributed by atoms with Crippen LogP contribution in [0.5, 0.6) is 0 Å². The fourth-order valence-electron chi connectivity index (χ4n) is 1.76. The molecule has 0 saturated heterocycles. The number of ether oxygens (including phenoxy) is 1. The molecule has 0 heterocycles. The van der Waals surface area contributed by atoms with E-state index >= 15 is 0 Å². The maximum atomic E-state index is 11.0. The molecule has 0 unspecified atom stereocenters. The maximum absolute atomic E-state index is 11.0. The Hall–Kier alpha value is -1.39. The SMILES string of the molecule is C[C@@H](N)[C@H](C(=O)O)[C@@H](C)OCc1ccccc1. The van der Waals surface area contributed by atoms with Crippen LogP contribution in [0.2, 0.25) is 0 Å². The minimum absolute atomic E-state index is 0.401. The second kappa shape index (κ2) is 6.37. The Kier molecular flexibility index (Phi) is 5.12. The van der Waals surface area contributed by atoms with Crippen LogP contribution in [-0.2, 0) is 16.1 Å². The van der Waals surface area contributed by atoms with Crippen molar-refractivity contribution < 1.29 is 14.6 Å². The zero-order chi connectivity index (χ0) is 12.8. The fraction of sp³-hybridized carbons (Fsp3) is 0.462. The van der Waals surface area contributed by atoms with Crippen LogP contribution in [0.4, 0.5) is 0 Å². The molecule has 1 aromatic rings. The highest BCUT2D eigenvalue weighted by Crippen LogP contribution is 2.14. The van der Waals surface area contributed by atoms with Gasteiger partial charge in [0.05, 0.1) is 18.6 Å². The molecule has 0 aliphatic rings. The average molecular weight is 237 g/mol. The summed E-state index contributed by atoms with van der Waals surface area (Å²) in [5.74, 6) is -1.60. The summed E-state index contributed by atoms with van der Waals surface area (Å²) in [6.45, 7) is 3.82. The van der Waals surface area contributed by atoms with Crippen molar-refractivity contribution in [3.63, 3.8) is 0 Å². The molecule has 0 bridgehead atoms. The largest absolute Gasteiger partial charge is 0.481 e.